The van der Waals surface area contributed by atoms with Gasteiger partial charge in [0.15, 0.2) is 0 Å². The van der Waals surface area contributed by atoms with Crippen LogP contribution in [0.1, 0.15) is 31.7 Å². The summed E-state index contributed by atoms with van der Waals surface area (Å²) in [4.78, 5) is 0. The van der Waals surface area contributed by atoms with E-state index in [4.69, 9.17) is 0 Å². The van der Waals surface area contributed by atoms with Crippen LogP contribution in [0.25, 0.3) is 0 Å². The molecule has 90 valence electrons. The first kappa shape index (κ1) is 12.5. The van der Waals surface area contributed by atoms with Gasteiger partial charge >= 0.3 is 0 Å². The number of hydrogen-bond donors (Lipinski definition) is 1. The van der Waals surface area contributed by atoms with Gasteiger partial charge in [0, 0.05) is 6.42 Å². The summed E-state index contributed by atoms with van der Waals surface area (Å²) in [5, 5.41) is 19.9. The molecule has 1 saturated heterocycles. The summed E-state index contributed by atoms with van der Waals surface area (Å²) in [7, 11) is 0. The van der Waals surface area contributed by atoms with Gasteiger partial charge in [0.05, 0.1) is 11.7 Å². The highest BCUT2D eigenvalue weighted by Crippen LogP contribution is 2.45. The van der Waals surface area contributed by atoms with Gasteiger partial charge in [-0.05, 0) is 31.1 Å². The molecule has 3 heteroatoms. The van der Waals surface area contributed by atoms with Gasteiger partial charge in [-0.25, -0.2) is 0 Å². The van der Waals surface area contributed by atoms with Gasteiger partial charge in [0.1, 0.15) is 4.75 Å². The number of benzene rings is 1. The molecule has 0 aliphatic carbocycles. The molecule has 0 bridgehead atoms. The maximum atomic E-state index is 10.6. The van der Waals surface area contributed by atoms with E-state index in [0.29, 0.717) is 6.42 Å². The van der Waals surface area contributed by atoms with Crippen LogP contribution >= 0.6 is 11.8 Å². The Labute approximate surface area is 107 Å². The predicted octanol–water partition coefficient (Wildman–Crippen LogP) is 3.07. The van der Waals surface area contributed by atoms with Crippen molar-refractivity contribution in [2.24, 2.45) is 0 Å². The lowest BCUT2D eigenvalue weighted by molar-refractivity contribution is 0.0413. The minimum Gasteiger partial charge on any atom is -0.385 e. The molecule has 2 atom stereocenters. The average Bonchev–Trinajstić information content (AvgIpc) is 2.79. The van der Waals surface area contributed by atoms with Crippen molar-refractivity contribution in [3.05, 3.63) is 35.9 Å². The van der Waals surface area contributed by atoms with Crippen LogP contribution in [0, 0.1) is 11.3 Å². The fourth-order valence-electron chi connectivity index (χ4n) is 2.42. The third-order valence-electron chi connectivity index (χ3n) is 3.33. The lowest BCUT2D eigenvalue weighted by Crippen LogP contribution is -2.33. The highest BCUT2D eigenvalue weighted by Gasteiger charge is 2.41. The third kappa shape index (κ3) is 2.65. The van der Waals surface area contributed by atoms with Crippen LogP contribution in [-0.2, 0) is 5.60 Å². The number of nitriles is 1. The Bertz CT molecular complexity index is 416. The lowest BCUT2D eigenvalue weighted by Gasteiger charge is -2.31. The summed E-state index contributed by atoms with van der Waals surface area (Å²) < 4.78 is -0.403. The Morgan fingerprint density at radius 2 is 2.18 bits per heavy atom. The zero-order chi connectivity index (χ0) is 12.4. The van der Waals surface area contributed by atoms with Crippen molar-refractivity contribution < 1.29 is 5.11 Å². The molecule has 2 unspecified atom stereocenters. The molecular formula is C14H17NOS. The van der Waals surface area contributed by atoms with E-state index < -0.39 is 10.3 Å². The van der Waals surface area contributed by atoms with Crippen LogP contribution in [0.2, 0.25) is 0 Å². The van der Waals surface area contributed by atoms with Crippen molar-refractivity contribution in [2.45, 2.75) is 36.5 Å². The minimum atomic E-state index is -0.922. The molecule has 17 heavy (non-hydrogen) atoms. The highest BCUT2D eigenvalue weighted by molar-refractivity contribution is 8.01. The summed E-state index contributed by atoms with van der Waals surface area (Å²) in [5.41, 5.74) is -0.0314. The number of rotatable bonds is 3. The maximum absolute atomic E-state index is 10.6. The number of thioether (sulfide) groups is 1. The monoisotopic (exact) mass is 247 g/mol. The second-order valence-electron chi connectivity index (χ2n) is 4.87. The summed E-state index contributed by atoms with van der Waals surface area (Å²) in [5.74, 6) is 1.03. The Balaban J connectivity index is 2.20. The van der Waals surface area contributed by atoms with Crippen LogP contribution in [-0.4, -0.2) is 15.6 Å². The molecule has 1 aromatic carbocycles. The Morgan fingerprint density at radius 3 is 2.71 bits per heavy atom. The first-order chi connectivity index (χ1) is 8.08. The first-order valence-corrected chi connectivity index (χ1v) is 6.90. The van der Waals surface area contributed by atoms with Crippen LogP contribution in [0.3, 0.4) is 0 Å². The van der Waals surface area contributed by atoms with Crippen molar-refractivity contribution in [1.82, 2.24) is 0 Å². The Morgan fingerprint density at radius 1 is 1.47 bits per heavy atom. The third-order valence-corrected chi connectivity index (χ3v) is 4.82. The van der Waals surface area contributed by atoms with Crippen LogP contribution in [0.4, 0.5) is 0 Å². The summed E-state index contributed by atoms with van der Waals surface area (Å²) in [6.07, 6.45) is 2.46. The molecule has 2 rings (SSSR count). The maximum Gasteiger partial charge on any atom is 0.105 e. The molecular weight excluding hydrogens is 230 g/mol. The summed E-state index contributed by atoms with van der Waals surface area (Å²) >= 11 is 1.69. The largest absolute Gasteiger partial charge is 0.385 e. The van der Waals surface area contributed by atoms with E-state index >= 15 is 0 Å². The van der Waals surface area contributed by atoms with Crippen LogP contribution in [0.5, 0.6) is 0 Å². The van der Waals surface area contributed by atoms with Gasteiger partial charge in [-0.1, -0.05) is 30.3 Å². The van der Waals surface area contributed by atoms with Gasteiger partial charge < -0.3 is 5.11 Å². The van der Waals surface area contributed by atoms with E-state index in [1.165, 1.54) is 0 Å². The molecule has 1 heterocycles. The minimum absolute atomic E-state index is 0.403. The first-order valence-electron chi connectivity index (χ1n) is 5.91. The van der Waals surface area contributed by atoms with Crippen molar-refractivity contribution in [1.29, 1.82) is 5.26 Å². The fourth-order valence-corrected chi connectivity index (χ4v) is 3.84. The van der Waals surface area contributed by atoms with E-state index in [1.54, 1.807) is 18.7 Å². The van der Waals surface area contributed by atoms with Crippen LogP contribution < -0.4 is 0 Å². The molecule has 1 aliphatic rings. The number of aliphatic hydroxyl groups is 1. The smallest absolute Gasteiger partial charge is 0.105 e. The Hall–Kier alpha value is -0.980. The van der Waals surface area contributed by atoms with Gasteiger partial charge in [-0.2, -0.15) is 5.26 Å². The molecule has 0 radical (unpaired) electrons. The van der Waals surface area contributed by atoms with Crippen molar-refractivity contribution in [2.75, 3.05) is 5.75 Å². The lowest BCUT2D eigenvalue weighted by atomic mass is 9.84. The van der Waals surface area contributed by atoms with E-state index in [0.717, 1.165) is 24.2 Å². The van der Waals surface area contributed by atoms with Crippen LogP contribution in [0.15, 0.2) is 30.3 Å². The number of hydrogen-bond acceptors (Lipinski definition) is 3. The molecule has 1 aliphatic heterocycles. The van der Waals surface area contributed by atoms with E-state index in [2.05, 4.69) is 6.07 Å². The van der Waals surface area contributed by atoms with Gasteiger partial charge in [-0.3, -0.25) is 0 Å². The zero-order valence-corrected chi connectivity index (χ0v) is 10.8. The molecule has 2 nitrogen and oxygen atoms in total. The topological polar surface area (TPSA) is 44.0 Å². The molecule has 1 fully saturated rings. The molecule has 0 aromatic heterocycles. The van der Waals surface area contributed by atoms with Crippen molar-refractivity contribution in [3.63, 3.8) is 0 Å². The summed E-state index contributed by atoms with van der Waals surface area (Å²) in [6.45, 7) is 1.81. The van der Waals surface area contributed by atoms with E-state index in [9.17, 15) is 10.4 Å². The molecule has 1 aromatic rings. The van der Waals surface area contributed by atoms with Crippen molar-refractivity contribution in [3.8, 4) is 6.07 Å². The van der Waals surface area contributed by atoms with Crippen molar-refractivity contribution >= 4 is 11.8 Å². The molecule has 0 amide bonds. The summed E-state index contributed by atoms with van der Waals surface area (Å²) in [6, 6.07) is 12.0. The normalized spacial score (nSPS) is 27.4. The molecule has 1 N–H and O–H groups in total. The van der Waals surface area contributed by atoms with Gasteiger partial charge in [0.2, 0.25) is 0 Å². The standard InChI is InChI=1S/C14H17NOS/c1-13(16,12-6-3-2-4-7-12)10-14(11-15)8-5-9-17-14/h2-4,6-7,16H,5,8-10H2,1H3. The second-order valence-corrected chi connectivity index (χ2v) is 6.35. The number of nitrogens with zero attached hydrogens (tertiary/aromatic N) is 1. The molecule has 0 spiro atoms. The molecule has 0 saturated carbocycles. The zero-order valence-electron chi connectivity index (χ0n) is 10.0. The predicted molar refractivity (Wildman–Crippen MR) is 70.7 cm³/mol. The van der Waals surface area contributed by atoms with Gasteiger partial charge in [0.25, 0.3) is 0 Å². The highest BCUT2D eigenvalue weighted by atomic mass is 32.2. The van der Waals surface area contributed by atoms with E-state index in [-0.39, 0.29) is 0 Å². The van der Waals surface area contributed by atoms with Gasteiger partial charge in [-0.15, -0.1) is 11.8 Å². The SMILES string of the molecule is CC(O)(CC1(C#N)CCCS1)c1ccccc1. The fraction of sp³-hybridized carbons (Fsp3) is 0.500. The Kier molecular flexibility index (Phi) is 3.46. The quantitative estimate of drug-likeness (QED) is 0.892. The average molecular weight is 247 g/mol. The van der Waals surface area contributed by atoms with E-state index in [1.807, 2.05) is 30.3 Å². The second kappa shape index (κ2) is 4.72.